The van der Waals surface area contributed by atoms with E-state index in [9.17, 15) is 5.11 Å². The van der Waals surface area contributed by atoms with Crippen molar-refractivity contribution in [3.05, 3.63) is 36.0 Å². The molecule has 2 heterocycles. The molecule has 0 fully saturated rings. The topological polar surface area (TPSA) is 51.6 Å². The molecule has 2 unspecified atom stereocenters. The van der Waals surface area contributed by atoms with Crippen LogP contribution in [0.1, 0.15) is 25.5 Å². The van der Waals surface area contributed by atoms with E-state index in [1.54, 1.807) is 13.3 Å². The molecular formula is C15H17NO3. The van der Waals surface area contributed by atoms with Crippen molar-refractivity contribution in [2.45, 2.75) is 31.7 Å². The molecule has 4 nitrogen and oxygen atoms in total. The van der Waals surface area contributed by atoms with Crippen molar-refractivity contribution in [3.63, 3.8) is 0 Å². The lowest BCUT2D eigenvalue weighted by Gasteiger charge is -2.42. The van der Waals surface area contributed by atoms with Gasteiger partial charge in [-0.1, -0.05) is 6.07 Å². The van der Waals surface area contributed by atoms with Gasteiger partial charge in [-0.05, 0) is 32.0 Å². The Bertz CT molecular complexity index is 624. The van der Waals surface area contributed by atoms with Gasteiger partial charge in [-0.3, -0.25) is 4.98 Å². The summed E-state index contributed by atoms with van der Waals surface area (Å²) in [6, 6.07) is 7.69. The highest BCUT2D eigenvalue weighted by molar-refractivity contribution is 5.84. The van der Waals surface area contributed by atoms with Gasteiger partial charge < -0.3 is 14.6 Å². The van der Waals surface area contributed by atoms with E-state index in [4.69, 9.17) is 9.47 Å². The molecule has 0 radical (unpaired) electrons. The highest BCUT2D eigenvalue weighted by atomic mass is 16.6. The molecular weight excluding hydrogens is 242 g/mol. The number of rotatable bonds is 1. The number of pyridine rings is 1. The summed E-state index contributed by atoms with van der Waals surface area (Å²) in [7, 11) is 1.59. The number of aliphatic hydroxyl groups is 1. The Balaban J connectivity index is 2.26. The number of hydrogen-bond donors (Lipinski definition) is 1. The fourth-order valence-electron chi connectivity index (χ4n) is 2.81. The molecule has 0 bridgehead atoms. The summed E-state index contributed by atoms with van der Waals surface area (Å²) >= 11 is 0. The van der Waals surface area contributed by atoms with E-state index in [2.05, 4.69) is 4.98 Å². The molecule has 0 spiro atoms. The first-order valence-electron chi connectivity index (χ1n) is 6.32. The predicted molar refractivity (Wildman–Crippen MR) is 72.2 cm³/mol. The number of nitrogens with zero attached hydrogens (tertiary/aromatic N) is 1. The highest BCUT2D eigenvalue weighted by Gasteiger charge is 2.44. The molecule has 0 amide bonds. The van der Waals surface area contributed by atoms with Gasteiger partial charge >= 0.3 is 0 Å². The Hall–Kier alpha value is -1.65. The first-order chi connectivity index (χ1) is 9.04. The molecule has 2 atom stereocenters. The number of benzene rings is 1. The molecule has 0 saturated carbocycles. The Morgan fingerprint density at radius 1 is 1.32 bits per heavy atom. The minimum Gasteiger partial charge on any atom is -0.485 e. The highest BCUT2D eigenvalue weighted by Crippen LogP contribution is 2.43. The second-order valence-corrected chi connectivity index (χ2v) is 5.36. The van der Waals surface area contributed by atoms with Crippen LogP contribution in [0.3, 0.4) is 0 Å². The van der Waals surface area contributed by atoms with Crippen LogP contribution in [-0.2, 0) is 4.74 Å². The number of aromatic nitrogens is 1. The van der Waals surface area contributed by atoms with Crippen molar-refractivity contribution >= 4 is 10.9 Å². The van der Waals surface area contributed by atoms with Crippen LogP contribution in [0.4, 0.5) is 0 Å². The standard InChI is InChI=1S/C15H17NO3/c1-15(2)14(18-3)13(17)11-10(19-15)7-6-9-5-4-8-16-12(9)11/h4-8,13-14,17H,1-3H3. The Labute approximate surface area is 112 Å². The summed E-state index contributed by atoms with van der Waals surface area (Å²) in [6.07, 6.45) is 0.548. The fourth-order valence-corrected chi connectivity index (χ4v) is 2.81. The zero-order chi connectivity index (χ0) is 13.6. The minimum absolute atomic E-state index is 0.424. The first-order valence-corrected chi connectivity index (χ1v) is 6.32. The number of hydrogen-bond acceptors (Lipinski definition) is 4. The average molecular weight is 259 g/mol. The van der Waals surface area contributed by atoms with E-state index < -0.39 is 17.8 Å². The molecule has 1 N–H and O–H groups in total. The molecule has 3 rings (SSSR count). The number of ether oxygens (including phenoxy) is 2. The Kier molecular flexibility index (Phi) is 2.73. The lowest BCUT2D eigenvalue weighted by Crippen LogP contribution is -2.49. The largest absolute Gasteiger partial charge is 0.485 e. The van der Waals surface area contributed by atoms with Crippen molar-refractivity contribution in [2.75, 3.05) is 7.11 Å². The van der Waals surface area contributed by atoms with Gasteiger partial charge in [0.1, 0.15) is 23.6 Å². The summed E-state index contributed by atoms with van der Waals surface area (Å²) in [6.45, 7) is 3.83. The third-order valence-corrected chi connectivity index (χ3v) is 3.67. The zero-order valence-electron chi connectivity index (χ0n) is 11.3. The maximum Gasteiger partial charge on any atom is 0.132 e. The quantitative estimate of drug-likeness (QED) is 0.854. The first kappa shape index (κ1) is 12.4. The summed E-state index contributed by atoms with van der Waals surface area (Å²) in [5, 5.41) is 11.6. The van der Waals surface area contributed by atoms with Crippen LogP contribution in [0, 0.1) is 0 Å². The smallest absolute Gasteiger partial charge is 0.132 e. The molecule has 1 aromatic carbocycles. The SMILES string of the molecule is COC1C(O)c2c(ccc3cccnc23)OC1(C)C. The normalized spacial score (nSPS) is 24.8. The lowest BCUT2D eigenvalue weighted by molar-refractivity contribution is -0.128. The average Bonchev–Trinajstić information content (AvgIpc) is 2.37. The third kappa shape index (κ3) is 1.79. The van der Waals surface area contributed by atoms with Crippen molar-refractivity contribution in [3.8, 4) is 5.75 Å². The molecule has 1 aliphatic heterocycles. The van der Waals surface area contributed by atoms with E-state index in [0.29, 0.717) is 11.3 Å². The third-order valence-electron chi connectivity index (χ3n) is 3.67. The van der Waals surface area contributed by atoms with Gasteiger partial charge in [-0.2, -0.15) is 0 Å². The van der Waals surface area contributed by atoms with Gasteiger partial charge in [0, 0.05) is 18.7 Å². The van der Waals surface area contributed by atoms with E-state index in [1.165, 1.54) is 0 Å². The van der Waals surface area contributed by atoms with E-state index in [-0.39, 0.29) is 0 Å². The van der Waals surface area contributed by atoms with Crippen molar-refractivity contribution < 1.29 is 14.6 Å². The van der Waals surface area contributed by atoms with Gasteiger partial charge in [-0.25, -0.2) is 0 Å². The zero-order valence-corrected chi connectivity index (χ0v) is 11.3. The maximum absolute atomic E-state index is 10.6. The van der Waals surface area contributed by atoms with Crippen LogP contribution in [0.2, 0.25) is 0 Å². The molecule has 19 heavy (non-hydrogen) atoms. The molecule has 2 aromatic rings. The van der Waals surface area contributed by atoms with Crippen LogP contribution >= 0.6 is 0 Å². The molecule has 1 aromatic heterocycles. The minimum atomic E-state index is -0.748. The molecule has 0 saturated heterocycles. The summed E-state index contributed by atoms with van der Waals surface area (Å²) in [5.74, 6) is 0.678. The molecule has 1 aliphatic rings. The van der Waals surface area contributed by atoms with Crippen LogP contribution in [0.25, 0.3) is 10.9 Å². The predicted octanol–water partition coefficient (Wildman–Crippen LogP) is 2.45. The van der Waals surface area contributed by atoms with Crippen molar-refractivity contribution in [2.24, 2.45) is 0 Å². The molecule has 100 valence electrons. The summed E-state index contributed by atoms with van der Waals surface area (Å²) in [4.78, 5) is 4.37. The fraction of sp³-hybridized carbons (Fsp3) is 0.400. The van der Waals surface area contributed by atoms with Crippen molar-refractivity contribution in [1.29, 1.82) is 0 Å². The van der Waals surface area contributed by atoms with Gasteiger partial charge in [-0.15, -0.1) is 0 Å². The molecule has 4 heteroatoms. The summed E-state index contributed by atoms with van der Waals surface area (Å²) in [5.41, 5.74) is 0.901. The Morgan fingerprint density at radius 3 is 2.84 bits per heavy atom. The second kappa shape index (κ2) is 4.18. The number of methoxy groups -OCH3 is 1. The monoisotopic (exact) mass is 259 g/mol. The van der Waals surface area contributed by atoms with Gasteiger partial charge in [0.15, 0.2) is 0 Å². The van der Waals surface area contributed by atoms with Crippen LogP contribution in [0.5, 0.6) is 5.75 Å². The van der Waals surface area contributed by atoms with Gasteiger partial charge in [0.25, 0.3) is 0 Å². The van der Waals surface area contributed by atoms with E-state index in [0.717, 1.165) is 10.9 Å². The van der Waals surface area contributed by atoms with Crippen LogP contribution in [-0.4, -0.2) is 28.9 Å². The van der Waals surface area contributed by atoms with E-state index >= 15 is 0 Å². The molecule has 0 aliphatic carbocycles. The number of fused-ring (bicyclic) bond motifs is 3. The lowest BCUT2D eigenvalue weighted by atomic mass is 9.87. The van der Waals surface area contributed by atoms with Crippen LogP contribution in [0.15, 0.2) is 30.5 Å². The number of aliphatic hydroxyl groups excluding tert-OH is 1. The van der Waals surface area contributed by atoms with Crippen molar-refractivity contribution in [1.82, 2.24) is 4.98 Å². The van der Waals surface area contributed by atoms with Crippen LogP contribution < -0.4 is 4.74 Å². The van der Waals surface area contributed by atoms with Gasteiger partial charge in [0.2, 0.25) is 0 Å². The van der Waals surface area contributed by atoms with Gasteiger partial charge in [0.05, 0.1) is 11.1 Å². The maximum atomic E-state index is 10.6. The summed E-state index contributed by atoms with van der Waals surface area (Å²) < 4.78 is 11.4. The van der Waals surface area contributed by atoms with E-state index in [1.807, 2.05) is 38.1 Å². The second-order valence-electron chi connectivity index (χ2n) is 5.36. The Morgan fingerprint density at radius 2 is 2.11 bits per heavy atom.